The van der Waals surface area contributed by atoms with Crippen molar-refractivity contribution < 1.29 is 14.3 Å². The van der Waals surface area contributed by atoms with E-state index in [1.807, 2.05) is 11.3 Å². The monoisotopic (exact) mass is 359 g/mol. The van der Waals surface area contributed by atoms with Crippen molar-refractivity contribution in [1.29, 1.82) is 0 Å². The lowest BCUT2D eigenvalue weighted by molar-refractivity contribution is 0.0498. The zero-order chi connectivity index (χ0) is 18.7. The molecule has 1 saturated heterocycles. The number of carbonyl (C=O) groups excluding carboxylic acids is 1. The highest BCUT2D eigenvalue weighted by molar-refractivity contribution is 5.88. The van der Waals surface area contributed by atoms with Crippen LogP contribution in [0.5, 0.6) is 0 Å². The van der Waals surface area contributed by atoms with Gasteiger partial charge in [0.05, 0.1) is 12.3 Å². The second-order valence-electron chi connectivity index (χ2n) is 8.06. The molecule has 3 rings (SSSR count). The number of nitrogens with zero attached hydrogens (tertiary/aromatic N) is 3. The number of esters is 1. The molecule has 6 nitrogen and oxygen atoms in total. The Morgan fingerprint density at radius 1 is 1.35 bits per heavy atom. The summed E-state index contributed by atoms with van der Waals surface area (Å²) in [5.74, 6) is 0.208. The Morgan fingerprint density at radius 3 is 2.73 bits per heavy atom. The van der Waals surface area contributed by atoms with Crippen LogP contribution in [0.1, 0.15) is 68.8 Å². The van der Waals surface area contributed by atoms with E-state index in [9.17, 15) is 4.79 Å². The van der Waals surface area contributed by atoms with Crippen LogP contribution in [0.3, 0.4) is 0 Å². The minimum absolute atomic E-state index is 0.0740. The molecule has 1 fully saturated rings. The van der Waals surface area contributed by atoms with E-state index >= 15 is 0 Å². The van der Waals surface area contributed by atoms with Crippen molar-refractivity contribution >= 4 is 11.6 Å². The maximum absolute atomic E-state index is 12.1. The predicted octanol–water partition coefficient (Wildman–Crippen LogP) is 3.56. The SMILES string of the molecule is CCCOC(=O)c1cc2nc(C(C)(C)C)c(CC3CCOCC3)n2cn1. The first-order valence-electron chi connectivity index (χ1n) is 9.52. The van der Waals surface area contributed by atoms with Crippen LogP contribution in [0, 0.1) is 5.92 Å². The fourth-order valence-electron chi connectivity index (χ4n) is 3.40. The summed E-state index contributed by atoms with van der Waals surface area (Å²) in [5, 5.41) is 0. The molecule has 2 aromatic rings. The van der Waals surface area contributed by atoms with Gasteiger partial charge in [-0.1, -0.05) is 27.7 Å². The molecule has 26 heavy (non-hydrogen) atoms. The number of imidazole rings is 1. The molecule has 0 N–H and O–H groups in total. The normalized spacial score (nSPS) is 16.2. The molecule has 2 aromatic heterocycles. The summed E-state index contributed by atoms with van der Waals surface area (Å²) in [6, 6.07) is 1.74. The number of hydrogen-bond donors (Lipinski definition) is 0. The fraction of sp³-hybridized carbons (Fsp3) is 0.650. The van der Waals surface area contributed by atoms with Crippen LogP contribution in [0.15, 0.2) is 12.4 Å². The summed E-state index contributed by atoms with van der Waals surface area (Å²) in [6.45, 7) is 10.6. The Bertz CT molecular complexity index is 770. The number of rotatable bonds is 5. The van der Waals surface area contributed by atoms with E-state index in [0.29, 0.717) is 18.2 Å². The molecule has 1 aliphatic heterocycles. The molecule has 1 aliphatic rings. The van der Waals surface area contributed by atoms with Crippen LogP contribution in [-0.2, 0) is 21.3 Å². The minimum Gasteiger partial charge on any atom is -0.461 e. The van der Waals surface area contributed by atoms with Gasteiger partial charge in [0.15, 0.2) is 5.69 Å². The van der Waals surface area contributed by atoms with Crippen LogP contribution in [0.2, 0.25) is 0 Å². The Morgan fingerprint density at radius 2 is 2.08 bits per heavy atom. The van der Waals surface area contributed by atoms with Gasteiger partial charge in [0, 0.05) is 30.4 Å². The van der Waals surface area contributed by atoms with E-state index in [1.165, 1.54) is 5.69 Å². The molecular weight excluding hydrogens is 330 g/mol. The first-order chi connectivity index (χ1) is 12.4. The molecule has 0 atom stereocenters. The molecule has 6 heteroatoms. The summed E-state index contributed by atoms with van der Waals surface area (Å²) in [4.78, 5) is 21.3. The topological polar surface area (TPSA) is 65.7 Å². The van der Waals surface area contributed by atoms with Crippen molar-refractivity contribution in [2.24, 2.45) is 5.92 Å². The van der Waals surface area contributed by atoms with Gasteiger partial charge in [-0.2, -0.15) is 0 Å². The number of ether oxygens (including phenoxy) is 2. The Kier molecular flexibility index (Phi) is 5.61. The smallest absolute Gasteiger partial charge is 0.357 e. The predicted molar refractivity (Wildman–Crippen MR) is 99.5 cm³/mol. The summed E-state index contributed by atoms with van der Waals surface area (Å²) >= 11 is 0. The lowest BCUT2D eigenvalue weighted by atomic mass is 9.86. The zero-order valence-electron chi connectivity index (χ0n) is 16.2. The summed E-state index contributed by atoms with van der Waals surface area (Å²) in [6.07, 6.45) is 5.62. The average molecular weight is 359 g/mol. The van der Waals surface area contributed by atoms with Crippen molar-refractivity contribution in [3.05, 3.63) is 29.5 Å². The fourth-order valence-corrected chi connectivity index (χ4v) is 3.40. The van der Waals surface area contributed by atoms with E-state index in [1.54, 1.807) is 12.4 Å². The summed E-state index contributed by atoms with van der Waals surface area (Å²) in [7, 11) is 0. The van der Waals surface area contributed by atoms with Gasteiger partial charge in [-0.3, -0.25) is 4.40 Å². The van der Waals surface area contributed by atoms with Gasteiger partial charge in [-0.15, -0.1) is 0 Å². The van der Waals surface area contributed by atoms with E-state index in [2.05, 4.69) is 25.8 Å². The average Bonchev–Trinajstić information content (AvgIpc) is 2.98. The second kappa shape index (κ2) is 7.74. The van der Waals surface area contributed by atoms with Gasteiger partial charge in [0.2, 0.25) is 0 Å². The van der Waals surface area contributed by atoms with Crippen LogP contribution in [0.25, 0.3) is 5.65 Å². The van der Waals surface area contributed by atoms with E-state index < -0.39 is 0 Å². The van der Waals surface area contributed by atoms with Crippen LogP contribution < -0.4 is 0 Å². The third-order valence-electron chi connectivity index (χ3n) is 4.80. The van der Waals surface area contributed by atoms with Crippen molar-refractivity contribution in [2.75, 3.05) is 19.8 Å². The second-order valence-corrected chi connectivity index (χ2v) is 8.06. The molecule has 142 valence electrons. The molecule has 0 radical (unpaired) electrons. The molecule has 0 aliphatic carbocycles. The van der Waals surface area contributed by atoms with Gasteiger partial charge in [-0.25, -0.2) is 14.8 Å². The van der Waals surface area contributed by atoms with Gasteiger partial charge < -0.3 is 9.47 Å². The highest BCUT2D eigenvalue weighted by atomic mass is 16.5. The molecular formula is C20H29N3O3. The number of fused-ring (bicyclic) bond motifs is 1. The highest BCUT2D eigenvalue weighted by Gasteiger charge is 2.27. The molecule has 0 aromatic carbocycles. The van der Waals surface area contributed by atoms with Gasteiger partial charge in [0.25, 0.3) is 0 Å². The lowest BCUT2D eigenvalue weighted by Gasteiger charge is -2.24. The molecule has 0 saturated carbocycles. The van der Waals surface area contributed by atoms with Crippen molar-refractivity contribution in [3.8, 4) is 0 Å². The molecule has 0 unspecified atom stereocenters. The van der Waals surface area contributed by atoms with Gasteiger partial charge >= 0.3 is 5.97 Å². The lowest BCUT2D eigenvalue weighted by Crippen LogP contribution is -2.21. The molecule has 3 heterocycles. The van der Waals surface area contributed by atoms with E-state index in [4.69, 9.17) is 14.5 Å². The maximum Gasteiger partial charge on any atom is 0.357 e. The third kappa shape index (κ3) is 4.06. The molecule has 0 spiro atoms. The number of aromatic nitrogens is 3. The zero-order valence-corrected chi connectivity index (χ0v) is 16.2. The minimum atomic E-state index is -0.388. The number of hydrogen-bond acceptors (Lipinski definition) is 5. The van der Waals surface area contributed by atoms with Gasteiger partial charge in [0.1, 0.15) is 12.0 Å². The van der Waals surface area contributed by atoms with Crippen LogP contribution in [-0.4, -0.2) is 40.2 Å². The van der Waals surface area contributed by atoms with Crippen LogP contribution >= 0.6 is 0 Å². The van der Waals surface area contributed by atoms with Crippen LogP contribution in [0.4, 0.5) is 0 Å². The number of carbonyl (C=O) groups is 1. The van der Waals surface area contributed by atoms with Gasteiger partial charge in [-0.05, 0) is 31.6 Å². The Labute approximate surface area is 154 Å². The standard InChI is InChI=1S/C20H29N3O3/c1-5-8-26-19(24)15-12-17-22-18(20(2,3)4)16(23(17)13-21-15)11-14-6-9-25-10-7-14/h12-14H,5-11H2,1-4H3. The quantitative estimate of drug-likeness (QED) is 0.764. The largest absolute Gasteiger partial charge is 0.461 e. The van der Waals surface area contributed by atoms with Crippen molar-refractivity contribution in [3.63, 3.8) is 0 Å². The summed E-state index contributed by atoms with van der Waals surface area (Å²) < 4.78 is 12.7. The van der Waals surface area contributed by atoms with E-state index in [0.717, 1.165) is 50.2 Å². The third-order valence-corrected chi connectivity index (χ3v) is 4.80. The van der Waals surface area contributed by atoms with E-state index in [-0.39, 0.29) is 11.4 Å². The maximum atomic E-state index is 12.1. The van der Waals surface area contributed by atoms with Crippen molar-refractivity contribution in [2.45, 2.75) is 58.8 Å². The first kappa shape index (κ1) is 18.8. The first-order valence-corrected chi connectivity index (χ1v) is 9.52. The molecule has 0 bridgehead atoms. The highest BCUT2D eigenvalue weighted by Crippen LogP contribution is 2.30. The Balaban J connectivity index is 1.96. The van der Waals surface area contributed by atoms with Crippen molar-refractivity contribution in [1.82, 2.24) is 14.4 Å². The molecule has 0 amide bonds. The summed E-state index contributed by atoms with van der Waals surface area (Å²) in [5.41, 5.74) is 3.27. The Hall–Kier alpha value is -1.95.